The number of halogens is 2. The number of hydrogen-bond acceptors (Lipinski definition) is 8. The summed E-state index contributed by atoms with van der Waals surface area (Å²) in [6, 6.07) is 8.92. The molecule has 5 atom stereocenters. The number of piperidine rings is 1. The number of carbonyl (C=O) groups is 5. The van der Waals surface area contributed by atoms with Crippen molar-refractivity contribution in [1.82, 2.24) is 24.4 Å². The molecule has 3 heterocycles. The monoisotopic (exact) mass is 827 g/mol. The Bertz CT molecular complexity index is 2180. The summed E-state index contributed by atoms with van der Waals surface area (Å²) in [6.07, 6.45) is 3.37. The van der Waals surface area contributed by atoms with Crippen LogP contribution in [0.25, 0.3) is 21.8 Å². The SMILES string of the molecule is C=C[C@@H]1C[C@]1(NC(=O)[C@@H]1C[C@@H](OC(=O)n2c3ccc(Cl)cc3c3cc(Cl)ccc32)CN1C(=O)[C@@H](CC(=O)N1CCCCC1)C(C)(C)C)C(=O)NS(=O)(=O)C1CC1. The van der Waals surface area contributed by atoms with Gasteiger partial charge in [0.2, 0.25) is 27.7 Å². The van der Waals surface area contributed by atoms with Gasteiger partial charge in [0.15, 0.2) is 0 Å². The predicted molar refractivity (Wildman–Crippen MR) is 213 cm³/mol. The lowest BCUT2D eigenvalue weighted by Crippen LogP contribution is -2.57. The van der Waals surface area contributed by atoms with Gasteiger partial charge in [0.25, 0.3) is 5.91 Å². The highest BCUT2D eigenvalue weighted by atomic mass is 35.5. The fourth-order valence-corrected chi connectivity index (χ4v) is 9.87. The number of fused-ring (bicyclic) bond motifs is 3. The second-order valence-electron chi connectivity index (χ2n) is 16.7. The maximum absolute atomic E-state index is 14.7. The molecule has 1 aromatic heterocycles. The largest absolute Gasteiger partial charge is 0.444 e. The smallest absolute Gasteiger partial charge is 0.419 e. The van der Waals surface area contributed by atoms with Gasteiger partial charge in [-0.3, -0.25) is 23.9 Å². The fourth-order valence-electron chi connectivity index (χ4n) is 8.16. The van der Waals surface area contributed by atoms with Crippen LogP contribution in [0.2, 0.25) is 10.0 Å². The van der Waals surface area contributed by atoms with Crippen LogP contribution < -0.4 is 10.0 Å². The quantitative estimate of drug-likeness (QED) is 0.243. The molecule has 4 amide bonds. The lowest BCUT2D eigenvalue weighted by atomic mass is 9.77. The molecule has 2 N–H and O–H groups in total. The van der Waals surface area contributed by atoms with Gasteiger partial charge in [0.05, 0.1) is 28.7 Å². The minimum Gasteiger partial charge on any atom is -0.444 e. The van der Waals surface area contributed by atoms with E-state index in [0.717, 1.165) is 19.3 Å². The van der Waals surface area contributed by atoms with Gasteiger partial charge in [-0.15, -0.1) is 6.58 Å². The van der Waals surface area contributed by atoms with E-state index in [0.29, 0.717) is 57.8 Å². The van der Waals surface area contributed by atoms with Crippen molar-refractivity contribution < 1.29 is 37.1 Å². The van der Waals surface area contributed by atoms with Crippen LogP contribution in [0.3, 0.4) is 0 Å². The molecule has 2 aliphatic heterocycles. The highest BCUT2D eigenvalue weighted by Gasteiger charge is 2.62. The van der Waals surface area contributed by atoms with E-state index in [-0.39, 0.29) is 31.7 Å². The average molecular weight is 829 g/mol. The van der Waals surface area contributed by atoms with Gasteiger partial charge in [0, 0.05) is 52.7 Å². The third-order valence-electron chi connectivity index (χ3n) is 11.7. The highest BCUT2D eigenvalue weighted by molar-refractivity contribution is 7.91. The van der Waals surface area contributed by atoms with Crippen LogP contribution >= 0.6 is 23.2 Å². The molecule has 3 aromatic rings. The van der Waals surface area contributed by atoms with Crippen molar-refractivity contribution in [2.75, 3.05) is 19.6 Å². The van der Waals surface area contributed by atoms with Crippen LogP contribution in [0.5, 0.6) is 0 Å². The molecule has 2 aliphatic carbocycles. The molecule has 4 aliphatic rings. The van der Waals surface area contributed by atoms with Crippen LogP contribution in [-0.4, -0.2) is 95.1 Å². The number of sulfonamides is 1. The lowest BCUT2D eigenvalue weighted by Gasteiger charge is -2.36. The Morgan fingerprint density at radius 2 is 1.59 bits per heavy atom. The van der Waals surface area contributed by atoms with E-state index in [2.05, 4.69) is 16.6 Å². The minimum atomic E-state index is -3.93. The van der Waals surface area contributed by atoms with Crippen LogP contribution in [-0.2, 0) is 33.9 Å². The van der Waals surface area contributed by atoms with E-state index in [1.807, 2.05) is 20.8 Å². The summed E-state index contributed by atoms with van der Waals surface area (Å²) < 4.78 is 35.1. The number of nitrogens with one attached hydrogen (secondary N) is 2. The second-order valence-corrected chi connectivity index (χ2v) is 19.5. The normalized spacial score (nSPS) is 24.5. The molecular weight excluding hydrogens is 781 g/mol. The maximum atomic E-state index is 14.7. The number of rotatable bonds is 10. The molecule has 16 heteroatoms. The molecular formula is C40H47Cl2N5O8S. The van der Waals surface area contributed by atoms with Gasteiger partial charge in [-0.05, 0) is 80.3 Å². The molecule has 13 nitrogen and oxygen atoms in total. The van der Waals surface area contributed by atoms with Crippen molar-refractivity contribution in [1.29, 1.82) is 0 Å². The van der Waals surface area contributed by atoms with Crippen LogP contribution in [0.1, 0.15) is 72.1 Å². The number of likely N-dealkylation sites (tertiary alicyclic amines) is 2. The molecule has 0 spiro atoms. The third kappa shape index (κ3) is 7.76. The standard InChI is InChI=1S/C40H47Cl2N5O8S/c1-5-23-21-40(23,37(51)44-56(53,54)27-11-12-27)43-35(49)33-19-26(22-46(33)36(50)30(39(2,3)4)20-34(48)45-15-7-6-8-16-45)55-38(52)47-31-13-9-24(41)17-28(31)29-18-25(42)10-14-32(29)47/h5,9-10,13-14,17-18,23,26-27,30,33H,1,6-8,11-12,15-16,19-22H2,2-4H3,(H,43,49)(H,44,51)/t23-,26-,30-,33+,40-/m1/s1. The Morgan fingerprint density at radius 3 is 2.12 bits per heavy atom. The molecule has 2 saturated carbocycles. The first kappa shape index (κ1) is 40.1. The zero-order valence-corrected chi connectivity index (χ0v) is 34.0. The average Bonchev–Trinajstić information content (AvgIpc) is 4.06. The lowest BCUT2D eigenvalue weighted by molar-refractivity contribution is -0.148. The Hall–Kier alpha value is -4.14. The summed E-state index contributed by atoms with van der Waals surface area (Å²) in [5.74, 6) is -3.58. The summed E-state index contributed by atoms with van der Waals surface area (Å²) in [5, 5.41) is 4.38. The summed E-state index contributed by atoms with van der Waals surface area (Å²) >= 11 is 12.7. The van der Waals surface area contributed by atoms with Crippen molar-refractivity contribution in [2.24, 2.45) is 17.3 Å². The number of carbonyl (C=O) groups excluding carboxylic acids is 5. The van der Waals surface area contributed by atoms with Crippen molar-refractivity contribution in [3.63, 3.8) is 0 Å². The Labute approximate surface area is 336 Å². The van der Waals surface area contributed by atoms with E-state index in [1.165, 1.54) is 15.5 Å². The van der Waals surface area contributed by atoms with Crippen molar-refractivity contribution >= 4 is 84.8 Å². The molecule has 300 valence electrons. The second kappa shape index (κ2) is 15.0. The first-order valence-electron chi connectivity index (χ1n) is 19.1. The van der Waals surface area contributed by atoms with E-state index < -0.39 is 74.0 Å². The molecule has 0 unspecified atom stereocenters. The van der Waals surface area contributed by atoms with Crippen LogP contribution in [0.15, 0.2) is 49.1 Å². The molecule has 0 radical (unpaired) electrons. The number of nitrogens with zero attached hydrogens (tertiary/aromatic N) is 3. The number of benzene rings is 2. The highest BCUT2D eigenvalue weighted by Crippen LogP contribution is 2.46. The van der Waals surface area contributed by atoms with Gasteiger partial charge in [-0.25, -0.2) is 17.8 Å². The van der Waals surface area contributed by atoms with Gasteiger partial charge in [0.1, 0.15) is 17.7 Å². The zero-order valence-electron chi connectivity index (χ0n) is 31.7. The molecule has 56 heavy (non-hydrogen) atoms. The fraction of sp³-hybridized carbons (Fsp3) is 0.525. The number of hydrogen-bond donors (Lipinski definition) is 2. The maximum Gasteiger partial charge on any atom is 0.419 e. The predicted octanol–water partition coefficient (Wildman–Crippen LogP) is 5.79. The van der Waals surface area contributed by atoms with E-state index in [9.17, 15) is 32.4 Å². The third-order valence-corrected chi connectivity index (χ3v) is 14.0. The van der Waals surface area contributed by atoms with Gasteiger partial charge in [-0.2, -0.15) is 0 Å². The van der Waals surface area contributed by atoms with Crippen molar-refractivity contribution in [3.05, 3.63) is 59.1 Å². The van der Waals surface area contributed by atoms with E-state index in [4.69, 9.17) is 27.9 Å². The van der Waals surface area contributed by atoms with Gasteiger partial charge < -0.3 is 19.9 Å². The van der Waals surface area contributed by atoms with E-state index in [1.54, 1.807) is 41.3 Å². The summed E-state index contributed by atoms with van der Waals surface area (Å²) in [7, 11) is -3.93. The van der Waals surface area contributed by atoms with Gasteiger partial charge in [-0.1, -0.05) is 50.0 Å². The zero-order chi connectivity index (χ0) is 40.3. The minimum absolute atomic E-state index is 0.0754. The molecule has 7 rings (SSSR count). The van der Waals surface area contributed by atoms with Crippen LogP contribution in [0, 0.1) is 17.3 Å². The molecule has 2 aromatic carbocycles. The molecule has 0 bridgehead atoms. The Balaban J connectivity index is 1.19. The Kier molecular flexibility index (Phi) is 10.7. The first-order valence-corrected chi connectivity index (χ1v) is 21.4. The first-order chi connectivity index (χ1) is 26.4. The summed E-state index contributed by atoms with van der Waals surface area (Å²) in [5.41, 5.74) is -1.27. The van der Waals surface area contributed by atoms with Crippen molar-refractivity contribution in [2.45, 2.75) is 95.1 Å². The van der Waals surface area contributed by atoms with Crippen molar-refractivity contribution in [3.8, 4) is 0 Å². The number of aromatic nitrogens is 1. The number of amides is 4. The molecule has 4 fully saturated rings. The molecule has 2 saturated heterocycles. The summed E-state index contributed by atoms with van der Waals surface area (Å²) in [6.45, 7) is 10.4. The van der Waals surface area contributed by atoms with Gasteiger partial charge >= 0.3 is 6.09 Å². The Morgan fingerprint density at radius 1 is 0.982 bits per heavy atom. The van der Waals surface area contributed by atoms with Crippen LogP contribution in [0.4, 0.5) is 4.79 Å². The summed E-state index contributed by atoms with van der Waals surface area (Å²) in [4.78, 5) is 73.5. The van der Waals surface area contributed by atoms with E-state index >= 15 is 0 Å². The number of ether oxygens (including phenoxy) is 1. The topological polar surface area (TPSA) is 164 Å².